The number of nitrogens with one attached hydrogen (secondary N) is 2. The fourth-order valence-electron chi connectivity index (χ4n) is 3.72. The van der Waals surface area contributed by atoms with E-state index in [2.05, 4.69) is 16.0 Å². The van der Waals surface area contributed by atoms with Gasteiger partial charge in [-0.25, -0.2) is 4.68 Å². The smallest absolute Gasteiger partial charge is 0.271 e. The Morgan fingerprint density at radius 3 is 2.53 bits per heavy atom. The number of benzene rings is 2. The highest BCUT2D eigenvalue weighted by molar-refractivity contribution is 6.42. The lowest BCUT2D eigenvalue weighted by Gasteiger charge is -2.08. The van der Waals surface area contributed by atoms with Crippen LogP contribution >= 0.6 is 23.2 Å². The summed E-state index contributed by atoms with van der Waals surface area (Å²) < 4.78 is 3.59. The lowest BCUT2D eigenvalue weighted by Crippen LogP contribution is -2.42. The first-order valence-corrected chi connectivity index (χ1v) is 10.7. The lowest BCUT2D eigenvalue weighted by atomic mass is 10.1. The van der Waals surface area contributed by atoms with E-state index in [9.17, 15) is 9.59 Å². The van der Waals surface area contributed by atoms with Crippen molar-refractivity contribution in [2.75, 3.05) is 0 Å². The molecule has 0 aliphatic heterocycles. The molecule has 2 amide bonds. The number of hydrogen-bond donors (Lipinski definition) is 2. The summed E-state index contributed by atoms with van der Waals surface area (Å²) >= 11 is 12.1. The molecule has 0 unspecified atom stereocenters. The first-order chi connectivity index (χ1) is 15.3. The van der Waals surface area contributed by atoms with E-state index in [1.54, 1.807) is 23.0 Å². The Bertz CT molecular complexity index is 1360. The summed E-state index contributed by atoms with van der Waals surface area (Å²) in [5, 5.41) is 6.23. The van der Waals surface area contributed by atoms with Gasteiger partial charge in [0.1, 0.15) is 0 Å². The van der Waals surface area contributed by atoms with Crippen molar-refractivity contribution in [2.45, 2.75) is 20.3 Å². The number of halogens is 2. The molecule has 2 aromatic carbocycles. The molecule has 0 saturated heterocycles. The molecule has 4 aromatic rings. The van der Waals surface area contributed by atoms with E-state index in [1.807, 2.05) is 55.8 Å². The highest BCUT2D eigenvalue weighted by Gasteiger charge is 2.18. The van der Waals surface area contributed by atoms with Crippen molar-refractivity contribution in [3.8, 4) is 5.69 Å². The zero-order valence-corrected chi connectivity index (χ0v) is 19.3. The molecule has 4 rings (SSSR count). The maximum Gasteiger partial charge on any atom is 0.271 e. The molecule has 0 atom stereocenters. The van der Waals surface area contributed by atoms with Crippen LogP contribution < -0.4 is 10.9 Å². The normalized spacial score (nSPS) is 11.0. The lowest BCUT2D eigenvalue weighted by molar-refractivity contribution is -0.121. The predicted octanol–water partition coefficient (Wildman–Crippen LogP) is 4.29. The van der Waals surface area contributed by atoms with Crippen LogP contribution in [0.25, 0.3) is 16.6 Å². The van der Waals surface area contributed by atoms with Gasteiger partial charge in [-0.15, -0.1) is 0 Å². The zero-order valence-electron chi connectivity index (χ0n) is 17.7. The summed E-state index contributed by atoms with van der Waals surface area (Å²) in [5.41, 5.74) is 9.46. The number of hydrogen-bond acceptors (Lipinski definition) is 3. The van der Waals surface area contributed by atoms with E-state index in [0.717, 1.165) is 27.8 Å². The Labute approximate surface area is 194 Å². The van der Waals surface area contributed by atoms with Crippen molar-refractivity contribution >= 4 is 45.9 Å². The summed E-state index contributed by atoms with van der Waals surface area (Å²) in [7, 11) is 1.87. The van der Waals surface area contributed by atoms with E-state index in [0.29, 0.717) is 21.3 Å². The molecule has 2 N–H and O–H groups in total. The first-order valence-electron chi connectivity index (χ1n) is 9.90. The molecule has 32 heavy (non-hydrogen) atoms. The molecule has 0 radical (unpaired) electrons. The second-order valence-corrected chi connectivity index (χ2v) is 8.32. The summed E-state index contributed by atoms with van der Waals surface area (Å²) in [6.45, 7) is 3.71. The van der Waals surface area contributed by atoms with Crippen LogP contribution in [0.5, 0.6) is 0 Å². The molecule has 0 bridgehead atoms. The van der Waals surface area contributed by atoms with Gasteiger partial charge in [0.05, 0.1) is 33.4 Å². The van der Waals surface area contributed by atoms with Crippen molar-refractivity contribution in [3.05, 3.63) is 81.2 Å². The number of amides is 2. The highest BCUT2D eigenvalue weighted by Crippen LogP contribution is 2.26. The monoisotopic (exact) mass is 469 g/mol. The average Bonchev–Trinajstić information content (AvgIpc) is 3.26. The van der Waals surface area contributed by atoms with Crippen LogP contribution in [0.2, 0.25) is 10.0 Å². The number of nitrogens with zero attached hydrogens (tertiary/aromatic N) is 3. The zero-order chi connectivity index (χ0) is 23.0. The highest BCUT2D eigenvalue weighted by atomic mass is 35.5. The van der Waals surface area contributed by atoms with Gasteiger partial charge in [0.15, 0.2) is 0 Å². The van der Waals surface area contributed by atoms with Gasteiger partial charge in [0.2, 0.25) is 5.91 Å². The van der Waals surface area contributed by atoms with Gasteiger partial charge in [-0.2, -0.15) is 5.10 Å². The van der Waals surface area contributed by atoms with Crippen LogP contribution in [-0.4, -0.2) is 26.2 Å². The number of rotatable bonds is 4. The number of para-hydroxylation sites is 1. The standard InChI is InChI=1S/C23H21Cl2N5O2/c1-13-17(14(2)30(28-13)15-8-9-19(24)20(25)10-15)11-22(31)26-27-23(32)18-12-29(3)21-7-5-4-6-16(18)21/h4-10,12H,11H2,1-3H3,(H,26,31)(H,27,32). The molecule has 0 aliphatic rings. The SMILES string of the molecule is Cc1nn(-c2ccc(Cl)c(Cl)c2)c(C)c1CC(=O)NNC(=O)c1cn(C)c2ccccc12. The Balaban J connectivity index is 1.47. The number of carbonyl (C=O) groups is 2. The van der Waals surface area contributed by atoms with Crippen molar-refractivity contribution < 1.29 is 9.59 Å². The molecule has 9 heteroatoms. The van der Waals surface area contributed by atoms with E-state index in [1.165, 1.54) is 0 Å². The summed E-state index contributed by atoms with van der Waals surface area (Å²) in [5.74, 6) is -0.728. The second kappa shape index (κ2) is 8.68. The molecule has 0 aliphatic carbocycles. The van der Waals surface area contributed by atoms with Gasteiger partial charge in [-0.05, 0) is 38.1 Å². The molecule has 0 spiro atoms. The molecule has 0 saturated carbocycles. The van der Waals surface area contributed by atoms with E-state index in [-0.39, 0.29) is 18.2 Å². The fourth-order valence-corrected chi connectivity index (χ4v) is 4.01. The minimum Gasteiger partial charge on any atom is -0.350 e. The van der Waals surface area contributed by atoms with Crippen LogP contribution in [0.15, 0.2) is 48.7 Å². The topological polar surface area (TPSA) is 81.0 Å². The Hall–Kier alpha value is -3.29. The number of aromatic nitrogens is 3. The molecular weight excluding hydrogens is 449 g/mol. The van der Waals surface area contributed by atoms with Gasteiger partial charge in [0, 0.05) is 35.4 Å². The Kier molecular flexibility index (Phi) is 5.95. The van der Waals surface area contributed by atoms with Crippen LogP contribution in [0, 0.1) is 13.8 Å². The molecule has 0 fully saturated rings. The fraction of sp³-hybridized carbons (Fsp3) is 0.174. The average molecular weight is 470 g/mol. The Morgan fingerprint density at radius 2 is 1.78 bits per heavy atom. The number of carbonyl (C=O) groups excluding carboxylic acids is 2. The minimum absolute atomic E-state index is 0.0643. The summed E-state index contributed by atoms with van der Waals surface area (Å²) in [6, 6.07) is 12.8. The molecule has 2 aromatic heterocycles. The number of aryl methyl sites for hydroxylation is 2. The van der Waals surface area contributed by atoms with Crippen LogP contribution in [0.3, 0.4) is 0 Å². The Morgan fingerprint density at radius 1 is 1.03 bits per heavy atom. The number of fused-ring (bicyclic) bond motifs is 1. The molecule has 7 nitrogen and oxygen atoms in total. The maximum absolute atomic E-state index is 12.6. The van der Waals surface area contributed by atoms with Crippen molar-refractivity contribution in [2.24, 2.45) is 7.05 Å². The maximum atomic E-state index is 12.6. The van der Waals surface area contributed by atoms with Gasteiger partial charge < -0.3 is 4.57 Å². The first kappa shape index (κ1) is 21.9. The minimum atomic E-state index is -0.380. The molecule has 164 valence electrons. The van der Waals surface area contributed by atoms with Crippen molar-refractivity contribution in [1.29, 1.82) is 0 Å². The largest absolute Gasteiger partial charge is 0.350 e. The van der Waals surface area contributed by atoms with E-state index >= 15 is 0 Å². The second-order valence-electron chi connectivity index (χ2n) is 7.51. The summed E-state index contributed by atoms with van der Waals surface area (Å²) in [6.07, 6.45) is 1.80. The third-order valence-corrected chi connectivity index (χ3v) is 6.12. The third-order valence-electron chi connectivity index (χ3n) is 5.38. The van der Waals surface area contributed by atoms with E-state index < -0.39 is 0 Å². The molecule has 2 heterocycles. The van der Waals surface area contributed by atoms with Gasteiger partial charge in [0.25, 0.3) is 5.91 Å². The van der Waals surface area contributed by atoms with Crippen LogP contribution in [0.4, 0.5) is 0 Å². The molecular formula is C23H21Cl2N5O2. The van der Waals surface area contributed by atoms with Gasteiger partial charge in [-0.1, -0.05) is 41.4 Å². The predicted molar refractivity (Wildman–Crippen MR) is 125 cm³/mol. The van der Waals surface area contributed by atoms with Crippen molar-refractivity contribution in [3.63, 3.8) is 0 Å². The van der Waals surface area contributed by atoms with Gasteiger partial charge >= 0.3 is 0 Å². The quantitative estimate of drug-likeness (QED) is 0.437. The van der Waals surface area contributed by atoms with Gasteiger partial charge in [-0.3, -0.25) is 20.4 Å². The van der Waals surface area contributed by atoms with Crippen molar-refractivity contribution in [1.82, 2.24) is 25.2 Å². The summed E-state index contributed by atoms with van der Waals surface area (Å²) in [4.78, 5) is 25.2. The van der Waals surface area contributed by atoms with Crippen LogP contribution in [-0.2, 0) is 18.3 Å². The van der Waals surface area contributed by atoms with Crippen LogP contribution in [0.1, 0.15) is 27.3 Å². The van der Waals surface area contributed by atoms with E-state index in [4.69, 9.17) is 23.2 Å². The number of hydrazine groups is 1. The third kappa shape index (κ3) is 4.09.